The molecule has 2 heterocycles. The van der Waals surface area contributed by atoms with Gasteiger partial charge in [-0.05, 0) is 44.0 Å². The predicted molar refractivity (Wildman–Crippen MR) is 134 cm³/mol. The molecule has 176 valence electrons. The van der Waals surface area contributed by atoms with Crippen molar-refractivity contribution in [3.8, 4) is 5.75 Å². The minimum Gasteiger partial charge on any atom is -0.492 e. The predicted octanol–water partition coefficient (Wildman–Crippen LogP) is 5.17. The number of carbonyl (C=O) groups is 2. The molecule has 0 bridgehead atoms. The molecule has 0 saturated carbocycles. The van der Waals surface area contributed by atoms with Crippen molar-refractivity contribution in [1.29, 1.82) is 0 Å². The van der Waals surface area contributed by atoms with Gasteiger partial charge in [0.2, 0.25) is 5.91 Å². The van der Waals surface area contributed by atoms with Gasteiger partial charge in [-0.1, -0.05) is 27.6 Å². The van der Waals surface area contributed by atoms with Crippen molar-refractivity contribution in [3.05, 3.63) is 58.8 Å². The summed E-state index contributed by atoms with van der Waals surface area (Å²) in [6, 6.07) is 11.3. The zero-order chi connectivity index (χ0) is 24.1. The number of likely N-dealkylation sites (tertiary alicyclic amines) is 1. The summed E-state index contributed by atoms with van der Waals surface area (Å²) in [6.45, 7) is 3.07. The number of rotatable bonds is 6. The van der Waals surface area contributed by atoms with Crippen LogP contribution in [0, 0.1) is 0 Å². The van der Waals surface area contributed by atoms with Gasteiger partial charge >= 0.3 is 6.09 Å². The van der Waals surface area contributed by atoms with Gasteiger partial charge in [0.1, 0.15) is 17.9 Å². The molecule has 10 heteroatoms. The third kappa shape index (κ3) is 5.63. The first-order chi connectivity index (χ1) is 16.4. The van der Waals surface area contributed by atoms with Gasteiger partial charge in [-0.3, -0.25) is 4.79 Å². The number of amides is 2. The molecule has 0 atom stereocenters. The second kappa shape index (κ2) is 10.5. The van der Waals surface area contributed by atoms with Crippen molar-refractivity contribution in [2.75, 3.05) is 30.3 Å². The Bertz CT molecular complexity index is 1250. The lowest BCUT2D eigenvalue weighted by Gasteiger charge is -2.25. The highest BCUT2D eigenvalue weighted by atomic mass is 79.9. The topological polar surface area (TPSA) is 117 Å². The highest BCUT2D eigenvalue weighted by molar-refractivity contribution is 9.10. The standard InChI is InChI=1S/C24H24BrN5O4/c1-2-34-21-13-19-18(23(27-14-26-19)28-17-5-3-4-16(25)11-17)12-20(21)29-22(31)10-15-6-8-30(9-7-15)24(32)33/h3-5,10-14H,2,6-9H2,1H3,(H,29,31)(H,32,33)(H,26,27,28). The minimum atomic E-state index is -0.935. The van der Waals surface area contributed by atoms with E-state index in [1.165, 1.54) is 11.2 Å². The zero-order valence-corrected chi connectivity index (χ0v) is 20.1. The van der Waals surface area contributed by atoms with Crippen molar-refractivity contribution in [1.82, 2.24) is 14.9 Å². The summed E-state index contributed by atoms with van der Waals surface area (Å²) >= 11 is 3.47. The van der Waals surface area contributed by atoms with Crippen LogP contribution in [0.15, 0.2) is 58.8 Å². The summed E-state index contributed by atoms with van der Waals surface area (Å²) in [7, 11) is 0. The number of aromatic nitrogens is 2. The molecule has 0 unspecified atom stereocenters. The summed E-state index contributed by atoms with van der Waals surface area (Å²) in [6.07, 6.45) is 3.15. The van der Waals surface area contributed by atoms with E-state index < -0.39 is 6.09 Å². The number of carboxylic acid groups (broad SMARTS) is 1. The molecule has 1 saturated heterocycles. The van der Waals surface area contributed by atoms with Crippen molar-refractivity contribution in [3.63, 3.8) is 0 Å². The Kier molecular flexibility index (Phi) is 7.27. The van der Waals surface area contributed by atoms with Crippen molar-refractivity contribution in [2.45, 2.75) is 19.8 Å². The third-order valence-corrected chi connectivity index (χ3v) is 5.89. The summed E-state index contributed by atoms with van der Waals surface area (Å²) in [5.41, 5.74) is 2.94. The lowest BCUT2D eigenvalue weighted by atomic mass is 10.0. The van der Waals surface area contributed by atoms with E-state index in [4.69, 9.17) is 9.84 Å². The van der Waals surface area contributed by atoms with Crippen molar-refractivity contribution >= 4 is 56.0 Å². The number of halogens is 1. The average Bonchev–Trinajstić information content (AvgIpc) is 2.80. The van der Waals surface area contributed by atoms with Gasteiger partial charge in [0.25, 0.3) is 0 Å². The molecule has 34 heavy (non-hydrogen) atoms. The number of hydrogen-bond donors (Lipinski definition) is 3. The van der Waals surface area contributed by atoms with E-state index in [0.29, 0.717) is 55.3 Å². The number of benzene rings is 2. The molecule has 9 nitrogen and oxygen atoms in total. The number of ether oxygens (including phenoxy) is 1. The van der Waals surface area contributed by atoms with Crippen molar-refractivity contribution in [2.24, 2.45) is 0 Å². The Labute approximate surface area is 205 Å². The maximum atomic E-state index is 12.8. The number of fused-ring (bicyclic) bond motifs is 1. The first kappa shape index (κ1) is 23.5. The van der Waals surface area contributed by atoms with Crippen LogP contribution in [-0.2, 0) is 4.79 Å². The van der Waals surface area contributed by atoms with Gasteiger partial charge in [-0.2, -0.15) is 0 Å². The maximum Gasteiger partial charge on any atom is 0.407 e. The van der Waals surface area contributed by atoms with Gasteiger partial charge in [-0.15, -0.1) is 0 Å². The van der Waals surface area contributed by atoms with Crippen LogP contribution >= 0.6 is 15.9 Å². The fraction of sp³-hybridized carbons (Fsp3) is 0.250. The van der Waals surface area contributed by atoms with Crippen LogP contribution < -0.4 is 15.4 Å². The van der Waals surface area contributed by atoms with Crippen molar-refractivity contribution < 1.29 is 19.4 Å². The Hall–Kier alpha value is -3.66. The molecular formula is C24H24BrN5O4. The maximum absolute atomic E-state index is 12.8. The van der Waals surface area contributed by atoms with Crippen LogP contribution in [0.1, 0.15) is 19.8 Å². The van der Waals surface area contributed by atoms with Gasteiger partial charge in [-0.25, -0.2) is 14.8 Å². The molecule has 1 fully saturated rings. The van der Waals surface area contributed by atoms with E-state index in [-0.39, 0.29) is 5.91 Å². The molecule has 4 rings (SSSR count). The average molecular weight is 526 g/mol. The molecule has 1 aromatic heterocycles. The molecule has 3 aromatic rings. The summed E-state index contributed by atoms with van der Waals surface area (Å²) < 4.78 is 6.69. The normalized spacial score (nSPS) is 13.5. The summed E-state index contributed by atoms with van der Waals surface area (Å²) in [5, 5.41) is 16.0. The quantitative estimate of drug-likeness (QED) is 0.380. The van der Waals surface area contributed by atoms with E-state index in [9.17, 15) is 9.59 Å². The highest BCUT2D eigenvalue weighted by Gasteiger charge is 2.19. The Morgan fingerprint density at radius 3 is 2.71 bits per heavy atom. The number of nitrogens with one attached hydrogen (secondary N) is 2. The largest absolute Gasteiger partial charge is 0.492 e. The van der Waals surface area contributed by atoms with Gasteiger partial charge in [0.15, 0.2) is 0 Å². The van der Waals surface area contributed by atoms with Crippen LogP contribution in [0.3, 0.4) is 0 Å². The van der Waals surface area contributed by atoms with Gasteiger partial charge in [0.05, 0.1) is 17.8 Å². The first-order valence-corrected chi connectivity index (χ1v) is 11.6. The van der Waals surface area contributed by atoms with E-state index >= 15 is 0 Å². The van der Waals surface area contributed by atoms with Gasteiger partial charge < -0.3 is 25.4 Å². The van der Waals surface area contributed by atoms with Crippen LogP contribution in [-0.4, -0.2) is 51.7 Å². The molecule has 1 aliphatic rings. The van der Waals surface area contributed by atoms with Crippen LogP contribution in [0.5, 0.6) is 5.75 Å². The van der Waals surface area contributed by atoms with E-state index in [2.05, 4.69) is 36.5 Å². The Morgan fingerprint density at radius 1 is 1.21 bits per heavy atom. The first-order valence-electron chi connectivity index (χ1n) is 10.9. The highest BCUT2D eigenvalue weighted by Crippen LogP contribution is 2.34. The summed E-state index contributed by atoms with van der Waals surface area (Å²) in [4.78, 5) is 34.0. The SMILES string of the molecule is CCOc1cc2ncnc(Nc3cccc(Br)c3)c2cc1NC(=O)C=C1CCN(C(=O)O)CC1. The molecular weight excluding hydrogens is 502 g/mol. The smallest absolute Gasteiger partial charge is 0.407 e. The molecule has 0 aliphatic carbocycles. The minimum absolute atomic E-state index is 0.294. The fourth-order valence-electron chi connectivity index (χ4n) is 3.74. The Morgan fingerprint density at radius 2 is 2.00 bits per heavy atom. The van der Waals surface area contributed by atoms with Crippen LogP contribution in [0.2, 0.25) is 0 Å². The summed E-state index contributed by atoms with van der Waals surface area (Å²) in [5.74, 6) is 0.813. The monoisotopic (exact) mass is 525 g/mol. The van der Waals surface area contributed by atoms with Crippen LogP contribution in [0.4, 0.5) is 22.0 Å². The second-order valence-electron chi connectivity index (χ2n) is 7.72. The second-order valence-corrected chi connectivity index (χ2v) is 8.63. The van der Waals surface area contributed by atoms with E-state index in [1.807, 2.05) is 31.2 Å². The fourth-order valence-corrected chi connectivity index (χ4v) is 4.14. The number of anilines is 3. The van der Waals surface area contributed by atoms with Crippen LogP contribution in [0.25, 0.3) is 10.9 Å². The molecule has 0 spiro atoms. The molecule has 2 amide bonds. The Balaban J connectivity index is 1.60. The lowest BCUT2D eigenvalue weighted by molar-refractivity contribution is -0.112. The van der Waals surface area contributed by atoms with E-state index in [0.717, 1.165) is 21.1 Å². The molecule has 0 radical (unpaired) electrons. The van der Waals surface area contributed by atoms with Gasteiger partial charge in [0, 0.05) is 40.8 Å². The molecule has 3 N–H and O–H groups in total. The lowest BCUT2D eigenvalue weighted by Crippen LogP contribution is -2.35. The van der Waals surface area contributed by atoms with E-state index in [1.54, 1.807) is 18.2 Å². The number of hydrogen-bond acceptors (Lipinski definition) is 6. The molecule has 1 aliphatic heterocycles. The zero-order valence-electron chi connectivity index (χ0n) is 18.5. The third-order valence-electron chi connectivity index (χ3n) is 5.39. The number of nitrogens with zero attached hydrogens (tertiary/aromatic N) is 3. The number of piperidine rings is 1. The number of carbonyl (C=O) groups excluding carboxylic acids is 1. The molecule has 2 aromatic carbocycles.